The second-order valence-electron chi connectivity index (χ2n) is 8.81. The van der Waals surface area contributed by atoms with Gasteiger partial charge in [-0.25, -0.2) is 9.78 Å². The summed E-state index contributed by atoms with van der Waals surface area (Å²) in [4.78, 5) is 57.8. The van der Waals surface area contributed by atoms with E-state index in [-0.39, 0.29) is 29.3 Å². The predicted molar refractivity (Wildman–Crippen MR) is 124 cm³/mol. The third-order valence-electron chi connectivity index (χ3n) is 6.72. The van der Waals surface area contributed by atoms with Crippen molar-refractivity contribution in [3.8, 4) is 0 Å². The zero-order valence-electron chi connectivity index (χ0n) is 19.1. The fourth-order valence-electron chi connectivity index (χ4n) is 5.09. The van der Waals surface area contributed by atoms with E-state index in [1.165, 1.54) is 18.9 Å². The van der Waals surface area contributed by atoms with Gasteiger partial charge in [-0.15, -0.1) is 0 Å². The third-order valence-corrected chi connectivity index (χ3v) is 7.98. The number of ether oxygens (including phenoxy) is 2. The summed E-state index contributed by atoms with van der Waals surface area (Å²) < 4.78 is 11.0. The highest BCUT2D eigenvalue weighted by atomic mass is 32.1. The summed E-state index contributed by atoms with van der Waals surface area (Å²) in [5, 5.41) is 0.337. The Kier molecular flexibility index (Phi) is 5.59. The quantitative estimate of drug-likeness (QED) is 0.482. The number of esters is 1. The number of anilines is 1. The van der Waals surface area contributed by atoms with Crippen molar-refractivity contribution in [3.05, 3.63) is 57.3 Å². The normalized spacial score (nSPS) is 24.0. The Morgan fingerprint density at radius 1 is 1.15 bits per heavy atom. The second kappa shape index (κ2) is 8.47. The van der Waals surface area contributed by atoms with E-state index in [1.807, 2.05) is 0 Å². The van der Waals surface area contributed by atoms with Gasteiger partial charge in [0.2, 0.25) is 0 Å². The van der Waals surface area contributed by atoms with Crippen LogP contribution in [0.3, 0.4) is 0 Å². The van der Waals surface area contributed by atoms with Gasteiger partial charge in [0.1, 0.15) is 6.10 Å². The molecule has 3 unspecified atom stereocenters. The molecule has 176 valence electrons. The zero-order valence-corrected chi connectivity index (χ0v) is 19.9. The van der Waals surface area contributed by atoms with Crippen molar-refractivity contribution in [2.24, 2.45) is 5.92 Å². The lowest BCUT2D eigenvalue weighted by Crippen LogP contribution is -2.39. The molecule has 3 aliphatic rings. The molecule has 34 heavy (non-hydrogen) atoms. The van der Waals surface area contributed by atoms with E-state index >= 15 is 0 Å². The Balaban J connectivity index is 1.64. The van der Waals surface area contributed by atoms with Crippen molar-refractivity contribution in [1.29, 1.82) is 0 Å². The molecule has 1 fully saturated rings. The van der Waals surface area contributed by atoms with Crippen molar-refractivity contribution >= 4 is 39.9 Å². The minimum atomic E-state index is -0.755. The third kappa shape index (κ3) is 3.46. The number of aromatic nitrogens is 1. The van der Waals surface area contributed by atoms with Crippen molar-refractivity contribution < 1.29 is 28.7 Å². The van der Waals surface area contributed by atoms with E-state index in [0.717, 1.165) is 37.0 Å². The van der Waals surface area contributed by atoms with Gasteiger partial charge in [-0.1, -0.05) is 29.9 Å². The second-order valence-corrected chi connectivity index (χ2v) is 9.79. The molecule has 1 aromatic heterocycles. The number of fused-ring (bicyclic) bond motifs is 1. The number of thiazole rings is 1. The molecule has 0 radical (unpaired) electrons. The molecule has 9 heteroatoms. The van der Waals surface area contributed by atoms with Crippen LogP contribution in [0.15, 0.2) is 35.6 Å². The number of amides is 1. The molecule has 5 rings (SSSR count). The summed E-state index contributed by atoms with van der Waals surface area (Å²) in [6.07, 6.45) is 3.08. The molecule has 1 aliphatic carbocycles. The largest absolute Gasteiger partial charge is 0.483 e. The van der Waals surface area contributed by atoms with Gasteiger partial charge in [0, 0.05) is 6.92 Å². The number of Topliss-reactive ketones (excluding diaryl/α,β-unsaturated/α-hetero) is 2. The van der Waals surface area contributed by atoms with Crippen LogP contribution in [0, 0.1) is 12.8 Å². The molecule has 1 saturated carbocycles. The van der Waals surface area contributed by atoms with E-state index in [4.69, 9.17) is 9.47 Å². The van der Waals surface area contributed by atoms with Gasteiger partial charge in [-0.2, -0.15) is 0 Å². The molecule has 0 spiro atoms. The fourth-order valence-corrected chi connectivity index (χ4v) is 6.08. The minimum absolute atomic E-state index is 0.0658. The monoisotopic (exact) mass is 480 g/mol. The standard InChI is InChI=1S/C25H24N2O6S/c1-12-22(13(2)28)34-25(26-12)27-19(14-8-10-15(11-9-14)24(31)32-3)18-20(29)16-6-4-5-7-17(16)33-21(18)23(27)30/h8-11,16-17,19H,4-7H2,1-3H3. The zero-order chi connectivity index (χ0) is 24.1. The highest BCUT2D eigenvalue weighted by Crippen LogP contribution is 2.49. The number of aryl methyl sites for hydroxylation is 1. The van der Waals surface area contributed by atoms with Crippen LogP contribution in [-0.2, 0) is 19.1 Å². The van der Waals surface area contributed by atoms with Gasteiger partial charge >= 0.3 is 5.97 Å². The molecule has 2 aliphatic heterocycles. The molecule has 3 heterocycles. The van der Waals surface area contributed by atoms with Crippen LogP contribution in [0.1, 0.15) is 69.9 Å². The van der Waals surface area contributed by atoms with Gasteiger partial charge in [0.25, 0.3) is 5.91 Å². The number of benzene rings is 1. The summed E-state index contributed by atoms with van der Waals surface area (Å²) in [7, 11) is 1.31. The number of methoxy groups -OCH3 is 1. The molecule has 0 saturated heterocycles. The lowest BCUT2D eigenvalue weighted by Gasteiger charge is -2.35. The smallest absolute Gasteiger partial charge is 0.337 e. The summed E-state index contributed by atoms with van der Waals surface area (Å²) in [5.74, 6) is -1.31. The number of carbonyl (C=O) groups is 4. The van der Waals surface area contributed by atoms with E-state index in [2.05, 4.69) is 4.98 Å². The summed E-state index contributed by atoms with van der Waals surface area (Å²) in [5.41, 5.74) is 1.87. The average Bonchev–Trinajstić information content (AvgIpc) is 3.36. The highest BCUT2D eigenvalue weighted by molar-refractivity contribution is 7.17. The van der Waals surface area contributed by atoms with Crippen LogP contribution in [0.4, 0.5) is 5.13 Å². The Labute approximate surface area is 200 Å². The number of rotatable bonds is 4. The van der Waals surface area contributed by atoms with E-state index in [9.17, 15) is 19.2 Å². The first kappa shape index (κ1) is 22.5. The number of nitrogens with zero attached hydrogens (tertiary/aromatic N) is 2. The summed E-state index contributed by atoms with van der Waals surface area (Å²) in [6.45, 7) is 3.18. The van der Waals surface area contributed by atoms with Crippen LogP contribution >= 0.6 is 11.3 Å². The molecule has 0 N–H and O–H groups in total. The van der Waals surface area contributed by atoms with Gasteiger partial charge < -0.3 is 9.47 Å². The summed E-state index contributed by atoms with van der Waals surface area (Å²) >= 11 is 1.13. The van der Waals surface area contributed by atoms with Crippen molar-refractivity contribution in [2.75, 3.05) is 12.0 Å². The maximum Gasteiger partial charge on any atom is 0.337 e. The van der Waals surface area contributed by atoms with E-state index < -0.39 is 17.9 Å². The van der Waals surface area contributed by atoms with Crippen LogP contribution in [0.25, 0.3) is 0 Å². The lowest BCUT2D eigenvalue weighted by molar-refractivity contribution is -0.131. The maximum atomic E-state index is 13.7. The van der Waals surface area contributed by atoms with Gasteiger partial charge in [-0.3, -0.25) is 19.3 Å². The molecular weight excluding hydrogens is 456 g/mol. The average molecular weight is 481 g/mol. The van der Waals surface area contributed by atoms with Crippen molar-refractivity contribution in [1.82, 2.24) is 4.98 Å². The molecule has 0 bridgehead atoms. The van der Waals surface area contributed by atoms with Gasteiger partial charge in [0.05, 0.1) is 40.8 Å². The minimum Gasteiger partial charge on any atom is -0.483 e. The maximum absolute atomic E-state index is 13.7. The van der Waals surface area contributed by atoms with Crippen molar-refractivity contribution in [3.63, 3.8) is 0 Å². The molecule has 1 aromatic carbocycles. The molecule has 8 nitrogen and oxygen atoms in total. The van der Waals surface area contributed by atoms with Gasteiger partial charge in [0.15, 0.2) is 22.5 Å². The number of ketones is 2. The molecule has 1 amide bonds. The van der Waals surface area contributed by atoms with Crippen LogP contribution in [0.2, 0.25) is 0 Å². The Bertz CT molecular complexity index is 1240. The molecule has 2 aromatic rings. The Morgan fingerprint density at radius 2 is 1.85 bits per heavy atom. The highest BCUT2D eigenvalue weighted by Gasteiger charge is 2.53. The van der Waals surface area contributed by atoms with E-state index in [1.54, 1.807) is 31.2 Å². The Hall–Kier alpha value is -3.33. The fraction of sp³-hybridized carbons (Fsp3) is 0.400. The van der Waals surface area contributed by atoms with Crippen molar-refractivity contribution in [2.45, 2.75) is 51.7 Å². The van der Waals surface area contributed by atoms with Crippen LogP contribution in [-0.4, -0.2) is 41.6 Å². The summed E-state index contributed by atoms with van der Waals surface area (Å²) in [6, 6.07) is 5.87. The molecule has 3 atom stereocenters. The van der Waals surface area contributed by atoms with Gasteiger partial charge in [-0.05, 0) is 43.9 Å². The first-order chi connectivity index (χ1) is 16.3. The SMILES string of the molecule is COC(=O)c1ccc(C2C3=C(OC4CCCCC4C3=O)C(=O)N2c2nc(C)c(C(C)=O)s2)cc1. The first-order valence-electron chi connectivity index (χ1n) is 11.3. The first-order valence-corrected chi connectivity index (χ1v) is 12.1. The predicted octanol–water partition coefficient (Wildman–Crippen LogP) is 3.94. The van der Waals surface area contributed by atoms with Crippen LogP contribution < -0.4 is 4.90 Å². The number of hydrogen-bond donors (Lipinski definition) is 0. The Morgan fingerprint density at radius 3 is 2.50 bits per heavy atom. The number of hydrogen-bond acceptors (Lipinski definition) is 8. The van der Waals surface area contributed by atoms with Crippen LogP contribution in [0.5, 0.6) is 0 Å². The molecular formula is C25H24N2O6S. The topological polar surface area (TPSA) is 103 Å². The number of carbonyl (C=O) groups excluding carboxylic acids is 4. The lowest BCUT2D eigenvalue weighted by atomic mass is 9.77. The van der Waals surface area contributed by atoms with E-state index in [0.29, 0.717) is 32.4 Å².